The molecular weight excluding hydrogens is 376 g/mol. The summed E-state index contributed by atoms with van der Waals surface area (Å²) in [6.45, 7) is 3.76. The van der Waals surface area contributed by atoms with Gasteiger partial charge in [0.25, 0.3) is 0 Å². The first-order valence-corrected chi connectivity index (χ1v) is 10.1. The minimum Gasteiger partial charge on any atom is -0.359 e. The molecule has 0 radical (unpaired) electrons. The highest BCUT2D eigenvalue weighted by Crippen LogP contribution is 2.02. The average Bonchev–Trinajstić information content (AvgIpc) is 2.74. The van der Waals surface area contributed by atoms with Crippen molar-refractivity contribution in [3.05, 3.63) is 0 Å². The molecule has 10 heteroatoms. The Balaban J connectivity index is 4.62. The Labute approximate surface area is 174 Å². The zero-order valence-electron chi connectivity index (χ0n) is 18.3. The van der Waals surface area contributed by atoms with Gasteiger partial charge in [-0.1, -0.05) is 0 Å². The molecule has 0 aromatic rings. The van der Waals surface area contributed by atoms with E-state index in [1.165, 1.54) is 0 Å². The molecule has 29 heavy (non-hydrogen) atoms. The number of carbonyl (C=O) groups excluding carboxylic acids is 4. The van der Waals surface area contributed by atoms with E-state index in [0.717, 1.165) is 19.5 Å². The van der Waals surface area contributed by atoms with Crippen molar-refractivity contribution in [2.24, 2.45) is 0 Å². The topological polar surface area (TPSA) is 123 Å². The molecule has 0 aromatic carbocycles. The highest BCUT2D eigenvalue weighted by molar-refractivity contribution is 5.77. The Morgan fingerprint density at radius 1 is 0.483 bits per heavy atom. The maximum absolute atomic E-state index is 11.5. The number of carbonyl (C=O) groups is 4. The van der Waals surface area contributed by atoms with E-state index in [-0.39, 0.29) is 23.6 Å². The van der Waals surface area contributed by atoms with Crippen molar-refractivity contribution in [2.45, 2.75) is 32.1 Å². The summed E-state index contributed by atoms with van der Waals surface area (Å²) < 4.78 is 0. The molecule has 0 bridgehead atoms. The smallest absolute Gasteiger partial charge is 0.221 e. The van der Waals surface area contributed by atoms with Crippen LogP contribution in [-0.4, -0.2) is 101 Å². The quantitative estimate of drug-likeness (QED) is 0.244. The molecule has 0 aliphatic rings. The Hall–Kier alpha value is -2.20. The molecule has 0 unspecified atom stereocenters. The van der Waals surface area contributed by atoms with E-state index < -0.39 is 0 Å². The number of hydrogen-bond acceptors (Lipinski definition) is 6. The summed E-state index contributed by atoms with van der Waals surface area (Å²) in [4.78, 5) is 50.4. The largest absolute Gasteiger partial charge is 0.359 e. The van der Waals surface area contributed by atoms with E-state index in [1.807, 2.05) is 0 Å². The van der Waals surface area contributed by atoms with Crippen molar-refractivity contribution in [3.63, 3.8) is 0 Å². The summed E-state index contributed by atoms with van der Waals surface area (Å²) in [6.07, 6.45) is 2.31. The summed E-state index contributed by atoms with van der Waals surface area (Å²) >= 11 is 0. The van der Waals surface area contributed by atoms with Crippen LogP contribution in [-0.2, 0) is 19.2 Å². The maximum atomic E-state index is 11.5. The summed E-state index contributed by atoms with van der Waals surface area (Å²) in [7, 11) is 6.42. The molecule has 0 saturated heterocycles. The van der Waals surface area contributed by atoms with Crippen molar-refractivity contribution < 1.29 is 19.2 Å². The van der Waals surface area contributed by atoms with Crippen molar-refractivity contribution in [1.29, 1.82) is 0 Å². The van der Waals surface area contributed by atoms with Gasteiger partial charge in [-0.3, -0.25) is 19.2 Å². The molecule has 0 aliphatic heterocycles. The fraction of sp³-hybridized carbons (Fsp3) is 0.789. The zero-order valence-corrected chi connectivity index (χ0v) is 18.3. The van der Waals surface area contributed by atoms with E-state index in [9.17, 15) is 19.2 Å². The van der Waals surface area contributed by atoms with E-state index in [0.29, 0.717) is 51.9 Å². The van der Waals surface area contributed by atoms with Gasteiger partial charge in [0.2, 0.25) is 23.6 Å². The van der Waals surface area contributed by atoms with E-state index in [2.05, 4.69) is 31.1 Å². The van der Waals surface area contributed by atoms with Crippen LogP contribution in [0.25, 0.3) is 0 Å². The van der Waals surface area contributed by atoms with Gasteiger partial charge in [-0.25, -0.2) is 0 Å². The van der Waals surface area contributed by atoms with Crippen LogP contribution in [0.5, 0.6) is 0 Å². The highest BCUT2D eigenvalue weighted by Gasteiger charge is 2.13. The molecular formula is C19H38N6O4. The lowest BCUT2D eigenvalue weighted by molar-refractivity contribution is -0.122. The van der Waals surface area contributed by atoms with Gasteiger partial charge >= 0.3 is 0 Å². The summed E-state index contributed by atoms with van der Waals surface area (Å²) in [6, 6.07) is 0. The molecule has 10 nitrogen and oxygen atoms in total. The third-order valence-corrected chi connectivity index (χ3v) is 4.68. The number of hydrogen-bond donors (Lipinski definition) is 4. The Kier molecular flexibility index (Phi) is 15.5. The van der Waals surface area contributed by atoms with Gasteiger partial charge in [0.15, 0.2) is 0 Å². The standard InChI is InChI=1S/C19H38N6O4/c1-20-16(26)6-12-24(13-7-17(27)21-2)10-5-11-25(14-8-18(28)22-3)15-9-19(29)23-4/h5-15H2,1-4H3,(H,20,26)(H,21,27)(H,22,28)(H,23,29). The lowest BCUT2D eigenvalue weighted by atomic mass is 10.2. The summed E-state index contributed by atoms with van der Waals surface area (Å²) in [5.41, 5.74) is 0. The Bertz CT molecular complexity index is 431. The van der Waals surface area contributed by atoms with E-state index >= 15 is 0 Å². The fourth-order valence-corrected chi connectivity index (χ4v) is 2.73. The molecule has 4 N–H and O–H groups in total. The van der Waals surface area contributed by atoms with Gasteiger partial charge in [0.05, 0.1) is 0 Å². The van der Waals surface area contributed by atoms with Crippen LogP contribution >= 0.6 is 0 Å². The molecule has 0 atom stereocenters. The second kappa shape index (κ2) is 16.7. The molecule has 168 valence electrons. The monoisotopic (exact) mass is 414 g/mol. The molecule has 0 fully saturated rings. The van der Waals surface area contributed by atoms with Gasteiger partial charge in [-0.2, -0.15) is 0 Å². The summed E-state index contributed by atoms with van der Waals surface area (Å²) in [5.74, 6) is -0.138. The first-order chi connectivity index (χ1) is 13.9. The molecule has 0 aliphatic carbocycles. The van der Waals surface area contributed by atoms with Crippen molar-refractivity contribution in [1.82, 2.24) is 31.1 Å². The second-order valence-corrected chi connectivity index (χ2v) is 6.73. The minimum atomic E-state index is -0.0345. The van der Waals surface area contributed by atoms with Gasteiger partial charge in [0.1, 0.15) is 0 Å². The van der Waals surface area contributed by atoms with E-state index in [4.69, 9.17) is 0 Å². The fourth-order valence-electron chi connectivity index (χ4n) is 2.73. The van der Waals surface area contributed by atoms with Crippen molar-refractivity contribution in [2.75, 3.05) is 67.5 Å². The zero-order chi connectivity index (χ0) is 22.1. The minimum absolute atomic E-state index is 0.0345. The normalized spacial score (nSPS) is 10.7. The number of nitrogens with zero attached hydrogens (tertiary/aromatic N) is 2. The molecule has 0 saturated carbocycles. The van der Waals surface area contributed by atoms with Crippen LogP contribution in [0.15, 0.2) is 0 Å². The van der Waals surface area contributed by atoms with Crippen LogP contribution in [0, 0.1) is 0 Å². The molecule has 0 rings (SSSR count). The molecule has 0 spiro atoms. The van der Waals surface area contributed by atoms with Crippen LogP contribution in [0.1, 0.15) is 32.1 Å². The summed E-state index contributed by atoms with van der Waals surface area (Å²) in [5, 5.41) is 10.4. The number of nitrogens with one attached hydrogen (secondary N) is 4. The number of rotatable bonds is 16. The molecule has 4 amide bonds. The van der Waals surface area contributed by atoms with Crippen LogP contribution in [0.4, 0.5) is 0 Å². The van der Waals surface area contributed by atoms with Gasteiger partial charge < -0.3 is 31.1 Å². The van der Waals surface area contributed by atoms with Gasteiger partial charge in [0, 0.05) is 80.1 Å². The molecule has 0 heterocycles. The first kappa shape index (κ1) is 26.8. The third-order valence-electron chi connectivity index (χ3n) is 4.68. The maximum Gasteiger partial charge on any atom is 0.221 e. The second-order valence-electron chi connectivity index (χ2n) is 6.73. The Morgan fingerprint density at radius 2 is 0.724 bits per heavy atom. The lowest BCUT2D eigenvalue weighted by Gasteiger charge is -2.25. The van der Waals surface area contributed by atoms with Crippen molar-refractivity contribution >= 4 is 23.6 Å². The Morgan fingerprint density at radius 3 is 0.931 bits per heavy atom. The average molecular weight is 415 g/mol. The van der Waals surface area contributed by atoms with Crippen LogP contribution < -0.4 is 21.3 Å². The van der Waals surface area contributed by atoms with Gasteiger partial charge in [-0.05, 0) is 19.5 Å². The highest BCUT2D eigenvalue weighted by atomic mass is 16.2. The first-order valence-electron chi connectivity index (χ1n) is 10.1. The molecule has 0 aromatic heterocycles. The number of amides is 4. The SMILES string of the molecule is CNC(=O)CCN(CCCN(CCC(=O)NC)CCC(=O)NC)CCC(=O)NC. The van der Waals surface area contributed by atoms with Crippen LogP contribution in [0.3, 0.4) is 0 Å². The van der Waals surface area contributed by atoms with Gasteiger partial charge in [-0.15, -0.1) is 0 Å². The lowest BCUT2D eigenvalue weighted by Crippen LogP contribution is -2.37. The van der Waals surface area contributed by atoms with E-state index in [1.54, 1.807) is 28.2 Å². The predicted molar refractivity (Wildman–Crippen MR) is 112 cm³/mol. The third kappa shape index (κ3) is 14.5. The predicted octanol–water partition coefficient (Wildman–Crippen LogP) is -1.48. The van der Waals surface area contributed by atoms with Crippen molar-refractivity contribution in [3.8, 4) is 0 Å². The van der Waals surface area contributed by atoms with Crippen LogP contribution in [0.2, 0.25) is 0 Å².